The van der Waals surface area contributed by atoms with Crippen LogP contribution in [0.2, 0.25) is 0 Å². The van der Waals surface area contributed by atoms with Gasteiger partial charge in [0.2, 0.25) is 0 Å². The predicted octanol–water partition coefficient (Wildman–Crippen LogP) is 2.48. The van der Waals surface area contributed by atoms with Crippen LogP contribution in [0.5, 0.6) is 0 Å². The van der Waals surface area contributed by atoms with Crippen LogP contribution < -0.4 is 0 Å². The molecule has 3 aliphatic rings. The lowest BCUT2D eigenvalue weighted by atomic mass is 9.61. The summed E-state index contributed by atoms with van der Waals surface area (Å²) in [6.07, 6.45) is 14.2. The second kappa shape index (κ2) is 3.22. The van der Waals surface area contributed by atoms with Crippen molar-refractivity contribution in [2.75, 3.05) is 11.5 Å². The fourth-order valence-electron chi connectivity index (χ4n) is 3.90. The van der Waals surface area contributed by atoms with Gasteiger partial charge in [-0.1, -0.05) is 43.6 Å². The smallest absolute Gasteiger partial charge is 0.152 e. The van der Waals surface area contributed by atoms with E-state index in [0.29, 0.717) is 11.5 Å². The van der Waals surface area contributed by atoms with E-state index < -0.39 is 9.84 Å². The maximum absolute atomic E-state index is 12.0. The zero-order valence-corrected chi connectivity index (χ0v) is 10.3. The van der Waals surface area contributed by atoms with Gasteiger partial charge in [-0.25, -0.2) is 8.42 Å². The molecule has 2 atom stereocenters. The van der Waals surface area contributed by atoms with E-state index in [2.05, 4.69) is 12.2 Å². The molecule has 3 rings (SSSR count). The van der Waals surface area contributed by atoms with Crippen LogP contribution in [-0.4, -0.2) is 19.9 Å². The van der Waals surface area contributed by atoms with Crippen LogP contribution >= 0.6 is 0 Å². The highest BCUT2D eigenvalue weighted by atomic mass is 32.2. The van der Waals surface area contributed by atoms with E-state index in [1.54, 1.807) is 0 Å². The number of sulfone groups is 1. The maximum Gasteiger partial charge on any atom is 0.152 e. The fourth-order valence-corrected chi connectivity index (χ4v) is 6.63. The summed E-state index contributed by atoms with van der Waals surface area (Å²) < 4.78 is 24.0. The van der Waals surface area contributed by atoms with Crippen molar-refractivity contribution in [1.82, 2.24) is 0 Å². The van der Waals surface area contributed by atoms with Gasteiger partial charge in [-0.15, -0.1) is 0 Å². The second-order valence-corrected chi connectivity index (χ2v) is 7.69. The normalized spacial score (nSPS) is 44.8. The van der Waals surface area contributed by atoms with Gasteiger partial charge in [0.15, 0.2) is 9.84 Å². The van der Waals surface area contributed by atoms with Gasteiger partial charge in [-0.05, 0) is 12.8 Å². The molecule has 0 spiro atoms. The van der Waals surface area contributed by atoms with Crippen molar-refractivity contribution in [2.24, 2.45) is 10.8 Å². The van der Waals surface area contributed by atoms with Crippen molar-refractivity contribution in [2.45, 2.75) is 32.1 Å². The Kier molecular flexibility index (Phi) is 2.13. The first-order valence-corrected chi connectivity index (χ1v) is 7.97. The van der Waals surface area contributed by atoms with E-state index in [1.807, 2.05) is 12.2 Å². The average molecular weight is 238 g/mol. The maximum atomic E-state index is 12.0. The van der Waals surface area contributed by atoms with Crippen LogP contribution in [-0.2, 0) is 9.84 Å². The first kappa shape index (κ1) is 10.6. The molecule has 1 heterocycles. The number of hydrogen-bond donors (Lipinski definition) is 0. The third-order valence-electron chi connectivity index (χ3n) is 4.63. The summed E-state index contributed by atoms with van der Waals surface area (Å²) in [5.74, 6) is 0.752. The van der Waals surface area contributed by atoms with Crippen LogP contribution in [0.3, 0.4) is 0 Å². The molecular weight excluding hydrogens is 220 g/mol. The molecule has 0 amide bonds. The Morgan fingerprint density at radius 3 is 1.81 bits per heavy atom. The molecule has 2 aliphatic carbocycles. The minimum atomic E-state index is -2.85. The molecule has 2 nitrogen and oxygen atoms in total. The van der Waals surface area contributed by atoms with Gasteiger partial charge in [0.25, 0.3) is 0 Å². The molecule has 3 heteroatoms. The van der Waals surface area contributed by atoms with Gasteiger partial charge in [0, 0.05) is 10.8 Å². The van der Waals surface area contributed by atoms with Gasteiger partial charge in [0.05, 0.1) is 11.5 Å². The monoisotopic (exact) mass is 238 g/mol. The Balaban J connectivity index is 2.15. The van der Waals surface area contributed by atoms with E-state index in [0.717, 1.165) is 12.8 Å². The summed E-state index contributed by atoms with van der Waals surface area (Å²) in [6.45, 7) is 0. The van der Waals surface area contributed by atoms with Gasteiger partial charge in [-0.3, -0.25) is 0 Å². The van der Waals surface area contributed by atoms with Crippen LogP contribution in [0.4, 0.5) is 0 Å². The predicted molar refractivity (Wildman–Crippen MR) is 64.9 cm³/mol. The van der Waals surface area contributed by atoms with Crippen molar-refractivity contribution in [3.05, 3.63) is 24.3 Å². The summed E-state index contributed by atoms with van der Waals surface area (Å²) >= 11 is 0. The summed E-state index contributed by atoms with van der Waals surface area (Å²) in [7, 11) is -2.85. The Hall–Kier alpha value is -0.570. The lowest BCUT2D eigenvalue weighted by molar-refractivity contribution is 0.191. The molecule has 1 saturated heterocycles. The molecule has 2 fully saturated rings. The molecule has 16 heavy (non-hydrogen) atoms. The molecule has 0 radical (unpaired) electrons. The van der Waals surface area contributed by atoms with Gasteiger partial charge < -0.3 is 0 Å². The summed E-state index contributed by atoms with van der Waals surface area (Å²) in [6, 6.07) is 0. The zero-order valence-electron chi connectivity index (χ0n) is 9.48. The molecule has 0 aromatic carbocycles. The first-order chi connectivity index (χ1) is 7.58. The Labute approximate surface area is 97.3 Å². The van der Waals surface area contributed by atoms with Crippen LogP contribution in [0.25, 0.3) is 0 Å². The molecular formula is C13H18O2S. The van der Waals surface area contributed by atoms with Crippen molar-refractivity contribution >= 4 is 9.84 Å². The third-order valence-corrected chi connectivity index (χ3v) is 6.54. The lowest BCUT2D eigenvalue weighted by Crippen LogP contribution is -2.38. The summed E-state index contributed by atoms with van der Waals surface area (Å²) in [5, 5.41) is 0. The number of allylic oxidation sites excluding steroid dienone is 4. The highest BCUT2D eigenvalue weighted by Crippen LogP contribution is 2.58. The van der Waals surface area contributed by atoms with Crippen molar-refractivity contribution < 1.29 is 8.42 Å². The summed E-state index contributed by atoms with van der Waals surface area (Å²) in [4.78, 5) is 0. The minimum absolute atomic E-state index is 0.0723. The van der Waals surface area contributed by atoms with Gasteiger partial charge in [0.1, 0.15) is 0 Å². The Morgan fingerprint density at radius 1 is 0.812 bits per heavy atom. The highest BCUT2D eigenvalue weighted by Gasteiger charge is 2.58. The van der Waals surface area contributed by atoms with E-state index in [1.165, 1.54) is 19.3 Å². The van der Waals surface area contributed by atoms with Crippen LogP contribution in [0.15, 0.2) is 24.3 Å². The van der Waals surface area contributed by atoms with Crippen molar-refractivity contribution in [3.63, 3.8) is 0 Å². The van der Waals surface area contributed by atoms with Gasteiger partial charge >= 0.3 is 0 Å². The van der Waals surface area contributed by atoms with Crippen molar-refractivity contribution in [1.29, 1.82) is 0 Å². The van der Waals surface area contributed by atoms with E-state index in [9.17, 15) is 8.42 Å². The number of rotatable bonds is 0. The molecule has 1 saturated carbocycles. The third kappa shape index (κ3) is 1.33. The van der Waals surface area contributed by atoms with E-state index in [-0.39, 0.29) is 10.8 Å². The largest absolute Gasteiger partial charge is 0.229 e. The molecule has 0 aromatic rings. The van der Waals surface area contributed by atoms with E-state index in [4.69, 9.17) is 0 Å². The fraction of sp³-hybridized carbons (Fsp3) is 0.692. The van der Waals surface area contributed by atoms with Crippen LogP contribution in [0.1, 0.15) is 32.1 Å². The first-order valence-electron chi connectivity index (χ1n) is 6.15. The molecule has 88 valence electrons. The molecule has 0 unspecified atom stereocenters. The molecule has 0 N–H and O–H groups in total. The summed E-state index contributed by atoms with van der Waals surface area (Å²) in [5.41, 5.74) is -0.145. The highest BCUT2D eigenvalue weighted by molar-refractivity contribution is 7.91. The van der Waals surface area contributed by atoms with Crippen LogP contribution in [0, 0.1) is 10.8 Å². The minimum Gasteiger partial charge on any atom is -0.229 e. The number of hydrogen-bond acceptors (Lipinski definition) is 2. The van der Waals surface area contributed by atoms with Gasteiger partial charge in [-0.2, -0.15) is 0 Å². The Morgan fingerprint density at radius 2 is 1.31 bits per heavy atom. The lowest BCUT2D eigenvalue weighted by Gasteiger charge is -2.41. The zero-order chi connectivity index (χ0) is 11.3. The van der Waals surface area contributed by atoms with E-state index >= 15 is 0 Å². The molecule has 0 aromatic heterocycles. The SMILES string of the molecule is O=S1(=O)C[C@@]23C=CC=C[C@]2(CCCCC3)C1. The molecule has 1 aliphatic heterocycles. The van der Waals surface area contributed by atoms with Crippen molar-refractivity contribution in [3.8, 4) is 0 Å². The quantitative estimate of drug-likeness (QED) is 0.649. The molecule has 0 bridgehead atoms. The second-order valence-electron chi connectivity index (χ2n) is 5.62. The topological polar surface area (TPSA) is 34.1 Å². The Bertz CT molecular complexity index is 424. The average Bonchev–Trinajstić information content (AvgIpc) is 2.33. The standard InChI is InChI=1S/C13H18O2S/c14-16(15)10-12-6-2-1-3-7-13(12,11-16)9-5-4-8-12/h4-5,8-9H,1-3,6-7,10-11H2/t12-,13-/m1/s1.